The van der Waals surface area contributed by atoms with Crippen molar-refractivity contribution in [2.75, 3.05) is 5.32 Å². The third-order valence-corrected chi connectivity index (χ3v) is 2.38. The summed E-state index contributed by atoms with van der Waals surface area (Å²) in [6.45, 7) is 1.81. The van der Waals surface area contributed by atoms with Crippen LogP contribution in [0.2, 0.25) is 0 Å². The lowest BCUT2D eigenvalue weighted by atomic mass is 10.2. The molecule has 1 heterocycles. The number of furan rings is 1. The highest BCUT2D eigenvalue weighted by Crippen LogP contribution is 2.23. The normalized spacial score (nSPS) is 9.61. The van der Waals surface area contributed by atoms with Crippen molar-refractivity contribution in [2.45, 2.75) is 6.92 Å². The number of aryl methyl sites for hydroxylation is 1. The van der Waals surface area contributed by atoms with Crippen LogP contribution < -0.4 is 5.32 Å². The Labute approximate surface area is 103 Å². The van der Waals surface area contributed by atoms with E-state index in [4.69, 9.17) is 4.42 Å². The lowest BCUT2D eigenvalue weighted by Crippen LogP contribution is -2.10. The van der Waals surface area contributed by atoms with Crippen molar-refractivity contribution < 1.29 is 14.0 Å². The van der Waals surface area contributed by atoms with Crippen molar-refractivity contribution >= 4 is 23.4 Å². The Bertz CT molecular complexity index is 611. The number of hydrogen-bond acceptors (Lipinski definition) is 4. The average molecular weight is 242 g/mol. The number of aliphatic imine (C=N–C) groups is 1. The molecule has 0 fully saturated rings. The first-order chi connectivity index (χ1) is 8.70. The van der Waals surface area contributed by atoms with Gasteiger partial charge in [0.1, 0.15) is 0 Å². The maximum atomic E-state index is 11.7. The Morgan fingerprint density at radius 3 is 2.89 bits per heavy atom. The van der Waals surface area contributed by atoms with Crippen molar-refractivity contribution in [1.82, 2.24) is 0 Å². The third-order valence-electron chi connectivity index (χ3n) is 2.38. The highest BCUT2D eigenvalue weighted by Gasteiger charge is 2.09. The summed E-state index contributed by atoms with van der Waals surface area (Å²) in [7, 11) is 0. The van der Waals surface area contributed by atoms with Crippen molar-refractivity contribution in [1.29, 1.82) is 0 Å². The van der Waals surface area contributed by atoms with E-state index in [2.05, 4.69) is 10.3 Å². The van der Waals surface area contributed by atoms with E-state index in [1.807, 2.05) is 6.92 Å². The average Bonchev–Trinajstić information content (AvgIpc) is 2.87. The first-order valence-corrected chi connectivity index (χ1v) is 5.24. The van der Waals surface area contributed by atoms with Gasteiger partial charge in [-0.1, -0.05) is 6.07 Å². The lowest BCUT2D eigenvalue weighted by molar-refractivity contribution is 0.0996. The molecule has 2 rings (SSSR count). The van der Waals surface area contributed by atoms with Crippen LogP contribution in [0, 0.1) is 6.92 Å². The molecule has 1 aromatic carbocycles. The van der Waals surface area contributed by atoms with Gasteiger partial charge in [0.05, 0.1) is 12.0 Å². The molecule has 0 radical (unpaired) electrons. The monoisotopic (exact) mass is 242 g/mol. The minimum absolute atomic E-state index is 0.219. The Hall–Kier alpha value is -2.65. The van der Waals surface area contributed by atoms with Crippen molar-refractivity contribution in [3.05, 3.63) is 47.9 Å². The second-order valence-corrected chi connectivity index (χ2v) is 3.64. The highest BCUT2D eigenvalue weighted by molar-refractivity contribution is 6.02. The first kappa shape index (κ1) is 11.8. The van der Waals surface area contributed by atoms with Crippen LogP contribution in [0.5, 0.6) is 0 Å². The molecule has 0 aliphatic heterocycles. The number of amides is 1. The van der Waals surface area contributed by atoms with Gasteiger partial charge in [-0.25, -0.2) is 4.79 Å². The fourth-order valence-electron chi connectivity index (χ4n) is 1.46. The number of benzene rings is 1. The van der Waals surface area contributed by atoms with Gasteiger partial charge < -0.3 is 9.73 Å². The summed E-state index contributed by atoms with van der Waals surface area (Å²) in [6, 6.07) is 8.27. The third kappa shape index (κ3) is 2.53. The molecule has 90 valence electrons. The fraction of sp³-hybridized carbons (Fsp3) is 0.0769. The Morgan fingerprint density at radius 1 is 1.39 bits per heavy atom. The van der Waals surface area contributed by atoms with Gasteiger partial charge in [0, 0.05) is 5.69 Å². The van der Waals surface area contributed by atoms with Gasteiger partial charge in [0.15, 0.2) is 5.76 Å². The second-order valence-electron chi connectivity index (χ2n) is 3.64. The first-order valence-electron chi connectivity index (χ1n) is 5.24. The summed E-state index contributed by atoms with van der Waals surface area (Å²) in [5, 5.41) is 2.65. The molecule has 1 N–H and O–H groups in total. The Morgan fingerprint density at radius 2 is 2.22 bits per heavy atom. The van der Waals surface area contributed by atoms with Crippen molar-refractivity contribution in [3.63, 3.8) is 0 Å². The second kappa shape index (κ2) is 5.12. The highest BCUT2D eigenvalue weighted by atomic mass is 16.3. The SMILES string of the molecule is Cc1ccc(NC(=O)c2ccco2)cc1N=C=O. The van der Waals surface area contributed by atoms with Crippen LogP contribution in [0.15, 0.2) is 46.0 Å². The lowest BCUT2D eigenvalue weighted by Gasteiger charge is -2.05. The molecule has 0 saturated carbocycles. The van der Waals surface area contributed by atoms with Crippen molar-refractivity contribution in [2.24, 2.45) is 4.99 Å². The van der Waals surface area contributed by atoms with E-state index >= 15 is 0 Å². The summed E-state index contributed by atoms with van der Waals surface area (Å²) in [5.74, 6) is -0.138. The van der Waals surface area contributed by atoms with Crippen LogP contribution in [-0.4, -0.2) is 12.0 Å². The molecule has 0 unspecified atom stereocenters. The molecule has 0 bridgehead atoms. The number of carbonyl (C=O) groups excluding carboxylic acids is 2. The topological polar surface area (TPSA) is 71.7 Å². The van der Waals surface area contributed by atoms with Crippen LogP contribution in [0.25, 0.3) is 0 Å². The number of anilines is 1. The smallest absolute Gasteiger partial charge is 0.291 e. The molecule has 5 nitrogen and oxygen atoms in total. The van der Waals surface area contributed by atoms with Gasteiger partial charge in [-0.2, -0.15) is 4.99 Å². The molecule has 1 aromatic heterocycles. The van der Waals surface area contributed by atoms with E-state index in [-0.39, 0.29) is 11.7 Å². The van der Waals surface area contributed by atoms with Crippen LogP contribution >= 0.6 is 0 Å². The number of carbonyl (C=O) groups is 1. The molecule has 2 aromatic rings. The van der Waals surface area contributed by atoms with E-state index in [1.165, 1.54) is 12.3 Å². The minimum Gasteiger partial charge on any atom is -0.459 e. The van der Waals surface area contributed by atoms with E-state index in [9.17, 15) is 9.59 Å². The molecule has 0 aliphatic carbocycles. The zero-order chi connectivity index (χ0) is 13.0. The maximum Gasteiger partial charge on any atom is 0.291 e. The predicted molar refractivity (Wildman–Crippen MR) is 65.6 cm³/mol. The summed E-state index contributed by atoms with van der Waals surface area (Å²) >= 11 is 0. The Kier molecular flexibility index (Phi) is 3.36. The number of rotatable bonds is 3. The molecule has 18 heavy (non-hydrogen) atoms. The standard InChI is InChI=1S/C13H10N2O3/c1-9-4-5-10(7-11(9)14-8-16)15-13(17)12-3-2-6-18-12/h2-7H,1H3,(H,15,17). The molecule has 0 atom stereocenters. The zero-order valence-electron chi connectivity index (χ0n) is 9.64. The molecule has 0 spiro atoms. The fourth-order valence-corrected chi connectivity index (χ4v) is 1.46. The quantitative estimate of drug-likeness (QED) is 0.664. The van der Waals surface area contributed by atoms with Crippen LogP contribution in [0.4, 0.5) is 11.4 Å². The van der Waals surface area contributed by atoms with E-state index in [0.29, 0.717) is 11.4 Å². The van der Waals surface area contributed by atoms with Gasteiger partial charge in [-0.15, -0.1) is 0 Å². The summed E-state index contributed by atoms with van der Waals surface area (Å²) in [4.78, 5) is 25.5. The summed E-state index contributed by atoms with van der Waals surface area (Å²) in [5.41, 5.74) is 1.84. The number of nitrogens with one attached hydrogen (secondary N) is 1. The maximum absolute atomic E-state index is 11.7. The molecule has 5 heteroatoms. The van der Waals surface area contributed by atoms with Crippen LogP contribution in [-0.2, 0) is 4.79 Å². The number of hydrogen-bond donors (Lipinski definition) is 1. The molecular weight excluding hydrogens is 232 g/mol. The van der Waals surface area contributed by atoms with Gasteiger partial charge in [0.2, 0.25) is 6.08 Å². The predicted octanol–water partition coefficient (Wildman–Crippen LogP) is 2.81. The minimum atomic E-state index is -0.357. The van der Waals surface area contributed by atoms with E-state index < -0.39 is 0 Å². The Balaban J connectivity index is 2.22. The summed E-state index contributed by atoms with van der Waals surface area (Å²) < 4.78 is 4.97. The molecular formula is C13H10N2O3. The van der Waals surface area contributed by atoms with Crippen LogP contribution in [0.1, 0.15) is 16.1 Å². The van der Waals surface area contributed by atoms with E-state index in [1.54, 1.807) is 30.3 Å². The molecule has 1 amide bonds. The molecule has 0 saturated heterocycles. The van der Waals surface area contributed by atoms with Crippen LogP contribution in [0.3, 0.4) is 0 Å². The van der Waals surface area contributed by atoms with Gasteiger partial charge in [-0.05, 0) is 36.8 Å². The number of isocyanates is 1. The molecule has 0 aliphatic rings. The van der Waals surface area contributed by atoms with E-state index in [0.717, 1.165) is 5.56 Å². The zero-order valence-corrected chi connectivity index (χ0v) is 9.64. The largest absolute Gasteiger partial charge is 0.459 e. The van der Waals surface area contributed by atoms with Gasteiger partial charge in [0.25, 0.3) is 5.91 Å². The van der Waals surface area contributed by atoms with Gasteiger partial charge >= 0.3 is 0 Å². The van der Waals surface area contributed by atoms with Gasteiger partial charge in [-0.3, -0.25) is 4.79 Å². The summed E-state index contributed by atoms with van der Waals surface area (Å²) in [6.07, 6.45) is 2.90. The van der Waals surface area contributed by atoms with Crippen molar-refractivity contribution in [3.8, 4) is 0 Å². The number of nitrogens with zero attached hydrogens (tertiary/aromatic N) is 1.